The van der Waals surface area contributed by atoms with E-state index in [-0.39, 0.29) is 11.1 Å². The minimum atomic E-state index is -1.25. The molecule has 0 spiro atoms. The molecule has 5 aromatic rings. The zero-order valence-electron chi connectivity index (χ0n) is 25.1. The van der Waals surface area contributed by atoms with Crippen LogP contribution < -0.4 is 4.90 Å². The van der Waals surface area contributed by atoms with Crippen molar-refractivity contribution in [3.8, 4) is 12.1 Å². The Kier molecular flexibility index (Phi) is 9.92. The third-order valence-corrected chi connectivity index (χ3v) is 7.91. The number of para-hydroxylation sites is 2. The fourth-order valence-electron chi connectivity index (χ4n) is 5.68. The van der Waals surface area contributed by atoms with Gasteiger partial charge in [0.15, 0.2) is 0 Å². The molecule has 0 radical (unpaired) electrons. The number of aryl methyl sites for hydroxylation is 1. The van der Waals surface area contributed by atoms with Crippen LogP contribution in [0, 0.1) is 22.7 Å². The number of carboxylic acids is 2. The Balaban J connectivity index is 1.25. The molecule has 8 nitrogen and oxygen atoms in total. The summed E-state index contributed by atoms with van der Waals surface area (Å²) in [5.74, 6) is -2.49. The number of aliphatic carboxylic acids is 2. The maximum Gasteiger partial charge on any atom is 0.346 e. The molecule has 1 heterocycles. The first-order chi connectivity index (χ1) is 22.4. The van der Waals surface area contributed by atoms with Crippen molar-refractivity contribution in [2.45, 2.75) is 32.2 Å². The van der Waals surface area contributed by atoms with Crippen molar-refractivity contribution < 1.29 is 19.8 Å². The molecule has 2 N–H and O–H groups in total. The SMILES string of the molecule is N#C/C(=C\c1ccc(N(CCCCCCn2c3ccccc3c3cc(/C=C(\C#N)C(=O)O)ccc32)c2ccccc2)cc1)C(=O)O. The van der Waals surface area contributed by atoms with Crippen LogP contribution in [0.4, 0.5) is 11.4 Å². The number of nitrogens with zero attached hydrogens (tertiary/aromatic N) is 4. The summed E-state index contributed by atoms with van der Waals surface area (Å²) in [5, 5.41) is 38.8. The summed E-state index contributed by atoms with van der Waals surface area (Å²) in [6, 6.07) is 35.1. The molecule has 4 aromatic carbocycles. The number of hydrogen-bond acceptors (Lipinski definition) is 5. The highest BCUT2D eigenvalue weighted by molar-refractivity contribution is 6.09. The monoisotopic (exact) mass is 608 g/mol. The number of aromatic nitrogens is 1. The number of carboxylic acid groups (broad SMARTS) is 2. The van der Waals surface area contributed by atoms with Gasteiger partial charge >= 0.3 is 11.9 Å². The van der Waals surface area contributed by atoms with E-state index in [9.17, 15) is 20.0 Å². The van der Waals surface area contributed by atoms with Gasteiger partial charge in [-0.05, 0) is 78.6 Å². The number of fused-ring (bicyclic) bond motifs is 3. The minimum absolute atomic E-state index is 0.298. The zero-order valence-corrected chi connectivity index (χ0v) is 25.1. The molecule has 8 heteroatoms. The van der Waals surface area contributed by atoms with Crippen molar-refractivity contribution >= 4 is 57.3 Å². The van der Waals surface area contributed by atoms with E-state index in [2.05, 4.69) is 33.7 Å². The molecule has 0 aliphatic carbocycles. The Hall–Kier alpha value is -6.12. The Morgan fingerprint density at radius 2 is 1.22 bits per heavy atom. The second-order valence-electron chi connectivity index (χ2n) is 10.9. The van der Waals surface area contributed by atoms with Gasteiger partial charge in [-0.15, -0.1) is 0 Å². The van der Waals surface area contributed by atoms with E-state index < -0.39 is 11.9 Å². The first-order valence-electron chi connectivity index (χ1n) is 15.0. The summed E-state index contributed by atoms with van der Waals surface area (Å²) in [5.41, 5.74) is 4.98. The average molecular weight is 609 g/mol. The largest absolute Gasteiger partial charge is 0.477 e. The third-order valence-electron chi connectivity index (χ3n) is 7.91. The van der Waals surface area contributed by atoms with E-state index in [1.165, 1.54) is 12.2 Å². The molecule has 228 valence electrons. The van der Waals surface area contributed by atoms with Gasteiger partial charge in [0.1, 0.15) is 23.3 Å². The van der Waals surface area contributed by atoms with Crippen molar-refractivity contribution in [3.05, 3.63) is 119 Å². The molecule has 0 saturated carbocycles. The van der Waals surface area contributed by atoms with Crippen LogP contribution >= 0.6 is 0 Å². The van der Waals surface area contributed by atoms with Crippen molar-refractivity contribution in [3.63, 3.8) is 0 Å². The summed E-state index contributed by atoms with van der Waals surface area (Å²) >= 11 is 0. The van der Waals surface area contributed by atoms with Gasteiger partial charge in [-0.1, -0.05) is 67.4 Å². The van der Waals surface area contributed by atoms with Crippen LogP contribution in [-0.2, 0) is 16.1 Å². The molecule has 0 saturated heterocycles. The summed E-state index contributed by atoms with van der Waals surface area (Å²) in [7, 11) is 0. The lowest BCUT2D eigenvalue weighted by Crippen LogP contribution is -2.18. The number of benzene rings is 4. The highest BCUT2D eigenvalue weighted by Gasteiger charge is 2.13. The van der Waals surface area contributed by atoms with Crippen LogP contribution in [-0.4, -0.2) is 33.3 Å². The molecule has 46 heavy (non-hydrogen) atoms. The summed E-state index contributed by atoms with van der Waals surface area (Å²) < 4.78 is 2.31. The molecular formula is C38H32N4O4. The number of anilines is 2. The minimum Gasteiger partial charge on any atom is -0.477 e. The van der Waals surface area contributed by atoms with Gasteiger partial charge in [0, 0.05) is 46.3 Å². The zero-order chi connectivity index (χ0) is 32.5. The second-order valence-corrected chi connectivity index (χ2v) is 10.9. The van der Waals surface area contributed by atoms with E-state index in [1.54, 1.807) is 12.1 Å². The van der Waals surface area contributed by atoms with E-state index in [4.69, 9.17) is 10.4 Å². The van der Waals surface area contributed by atoms with Crippen LogP contribution in [0.25, 0.3) is 34.0 Å². The summed E-state index contributed by atoms with van der Waals surface area (Å²) in [6.45, 7) is 1.65. The van der Waals surface area contributed by atoms with Gasteiger partial charge in [0.05, 0.1) is 0 Å². The number of unbranched alkanes of at least 4 members (excludes halogenated alkanes) is 3. The molecule has 0 atom stereocenters. The molecule has 0 bridgehead atoms. The third kappa shape index (κ3) is 7.15. The van der Waals surface area contributed by atoms with Gasteiger partial charge in [0.2, 0.25) is 0 Å². The van der Waals surface area contributed by atoms with E-state index in [1.807, 2.05) is 72.8 Å². The lowest BCUT2D eigenvalue weighted by Gasteiger charge is -2.25. The van der Waals surface area contributed by atoms with Gasteiger partial charge in [-0.2, -0.15) is 10.5 Å². The normalized spacial score (nSPS) is 11.7. The fraction of sp³-hybridized carbons (Fsp3) is 0.158. The standard InChI is InChI=1S/C38H32N4O4/c39-25-29(37(43)44)22-27-14-17-32(18-15-27)41(31-10-4-3-5-11-31)20-8-1-2-9-21-42-35-13-7-6-12-33(35)34-24-28(16-19-36(34)42)23-30(26-40)38(45)46/h3-7,10-19,22-24H,1-2,8-9,20-21H2,(H,43,44)(H,45,46)/b29-22+,30-23+. The van der Waals surface area contributed by atoms with Crippen molar-refractivity contribution in [2.75, 3.05) is 11.4 Å². The van der Waals surface area contributed by atoms with Gasteiger partial charge in [-0.25, -0.2) is 9.59 Å². The van der Waals surface area contributed by atoms with Crippen molar-refractivity contribution in [1.82, 2.24) is 4.57 Å². The maximum atomic E-state index is 11.3. The molecule has 0 aliphatic heterocycles. The van der Waals surface area contributed by atoms with Gasteiger partial charge < -0.3 is 19.7 Å². The summed E-state index contributed by atoms with van der Waals surface area (Å²) in [4.78, 5) is 24.8. The average Bonchev–Trinajstić information content (AvgIpc) is 3.39. The Labute approximate surface area is 267 Å². The Morgan fingerprint density at radius 1 is 0.652 bits per heavy atom. The topological polar surface area (TPSA) is 130 Å². The predicted octanol–water partition coefficient (Wildman–Crippen LogP) is 8.18. The van der Waals surface area contributed by atoms with E-state index in [0.717, 1.165) is 72.0 Å². The number of carbonyl (C=O) groups is 2. The van der Waals surface area contributed by atoms with Crippen LogP contribution in [0.1, 0.15) is 36.8 Å². The highest BCUT2D eigenvalue weighted by atomic mass is 16.4. The van der Waals surface area contributed by atoms with E-state index >= 15 is 0 Å². The van der Waals surface area contributed by atoms with Crippen LogP contribution in [0.15, 0.2) is 108 Å². The molecule has 1 aromatic heterocycles. The molecule has 5 rings (SSSR count). The predicted molar refractivity (Wildman–Crippen MR) is 180 cm³/mol. The molecule has 0 aliphatic rings. The van der Waals surface area contributed by atoms with Crippen LogP contribution in [0.5, 0.6) is 0 Å². The van der Waals surface area contributed by atoms with Crippen molar-refractivity contribution in [1.29, 1.82) is 10.5 Å². The number of hydrogen-bond donors (Lipinski definition) is 2. The van der Waals surface area contributed by atoms with Gasteiger partial charge in [0.25, 0.3) is 0 Å². The fourth-order valence-corrected chi connectivity index (χ4v) is 5.68. The highest BCUT2D eigenvalue weighted by Crippen LogP contribution is 2.31. The Morgan fingerprint density at radius 3 is 1.89 bits per heavy atom. The van der Waals surface area contributed by atoms with Crippen molar-refractivity contribution in [2.24, 2.45) is 0 Å². The number of nitriles is 2. The Bertz CT molecular complexity index is 2030. The number of rotatable bonds is 13. The first kappa shape index (κ1) is 31.3. The second kappa shape index (κ2) is 14.6. The lowest BCUT2D eigenvalue weighted by atomic mass is 10.1. The first-order valence-corrected chi connectivity index (χ1v) is 15.0. The van der Waals surface area contributed by atoms with Gasteiger partial charge in [-0.3, -0.25) is 0 Å². The van der Waals surface area contributed by atoms with E-state index in [0.29, 0.717) is 11.1 Å². The quantitative estimate of drug-likeness (QED) is 0.0783. The summed E-state index contributed by atoms with van der Waals surface area (Å²) in [6.07, 6.45) is 6.81. The smallest absolute Gasteiger partial charge is 0.346 e. The van der Waals surface area contributed by atoms with Crippen LogP contribution in [0.3, 0.4) is 0 Å². The van der Waals surface area contributed by atoms with Crippen LogP contribution in [0.2, 0.25) is 0 Å². The maximum absolute atomic E-state index is 11.3. The molecule has 0 amide bonds. The molecular weight excluding hydrogens is 576 g/mol. The lowest BCUT2D eigenvalue weighted by molar-refractivity contribution is -0.133. The molecule has 0 unspecified atom stereocenters. The molecule has 0 fully saturated rings.